The molecular formula is C18H20ClNO3. The van der Waals surface area contributed by atoms with Gasteiger partial charge in [0.05, 0.1) is 18.8 Å². The molecule has 0 saturated heterocycles. The number of benzene rings is 2. The second kappa shape index (κ2) is 7.99. The van der Waals surface area contributed by atoms with Crippen LogP contribution in [0, 0.1) is 6.92 Å². The first-order valence-corrected chi connectivity index (χ1v) is 7.64. The third-order valence-corrected chi connectivity index (χ3v) is 3.91. The van der Waals surface area contributed by atoms with Gasteiger partial charge in [0.25, 0.3) is 5.91 Å². The molecule has 0 bridgehead atoms. The maximum atomic E-state index is 12.4. The van der Waals surface area contributed by atoms with E-state index < -0.39 is 0 Å². The molecule has 1 unspecified atom stereocenters. The highest BCUT2D eigenvalue weighted by Crippen LogP contribution is 2.23. The number of hydrogen-bond donors (Lipinski definition) is 1. The topological polar surface area (TPSA) is 47.6 Å². The molecule has 0 spiro atoms. The Morgan fingerprint density at radius 2 is 1.96 bits per heavy atom. The van der Waals surface area contributed by atoms with Crippen LogP contribution in [0.15, 0.2) is 42.5 Å². The lowest BCUT2D eigenvalue weighted by atomic mass is 10.0. The molecule has 122 valence electrons. The van der Waals surface area contributed by atoms with Crippen molar-refractivity contribution in [1.82, 2.24) is 5.32 Å². The van der Waals surface area contributed by atoms with Crippen molar-refractivity contribution in [1.29, 1.82) is 0 Å². The lowest BCUT2D eigenvalue weighted by Crippen LogP contribution is -2.29. The predicted octanol–water partition coefficient (Wildman–Crippen LogP) is 3.77. The van der Waals surface area contributed by atoms with Crippen molar-refractivity contribution in [3.63, 3.8) is 0 Å². The van der Waals surface area contributed by atoms with Crippen LogP contribution in [0.1, 0.15) is 27.6 Å². The molecule has 2 aromatic rings. The van der Waals surface area contributed by atoms with Crippen molar-refractivity contribution >= 4 is 17.5 Å². The number of ether oxygens (including phenoxy) is 2. The van der Waals surface area contributed by atoms with Gasteiger partial charge in [0.1, 0.15) is 5.75 Å². The summed E-state index contributed by atoms with van der Waals surface area (Å²) in [6.07, 6.45) is -0.217. The van der Waals surface area contributed by atoms with E-state index in [-0.39, 0.29) is 12.0 Å². The minimum absolute atomic E-state index is 0.217. The summed E-state index contributed by atoms with van der Waals surface area (Å²) < 4.78 is 10.7. The molecule has 1 N–H and O–H groups in total. The van der Waals surface area contributed by atoms with E-state index in [1.54, 1.807) is 25.3 Å². The summed E-state index contributed by atoms with van der Waals surface area (Å²) in [5.74, 6) is 0.233. The molecule has 1 amide bonds. The molecule has 0 fully saturated rings. The number of halogens is 1. The number of carbonyl (C=O) groups is 1. The van der Waals surface area contributed by atoms with Gasteiger partial charge in [-0.2, -0.15) is 0 Å². The van der Waals surface area contributed by atoms with Crippen molar-refractivity contribution in [3.8, 4) is 5.75 Å². The minimum Gasteiger partial charge on any atom is -0.496 e. The fraction of sp³-hybridized carbons (Fsp3) is 0.278. The normalized spacial score (nSPS) is 11.8. The van der Waals surface area contributed by atoms with E-state index in [2.05, 4.69) is 5.32 Å². The zero-order valence-corrected chi connectivity index (χ0v) is 14.2. The molecule has 0 aliphatic rings. The quantitative estimate of drug-likeness (QED) is 0.875. The smallest absolute Gasteiger partial charge is 0.255 e. The van der Waals surface area contributed by atoms with Gasteiger partial charge in [0, 0.05) is 18.7 Å². The highest BCUT2D eigenvalue weighted by molar-refractivity contribution is 6.31. The van der Waals surface area contributed by atoms with Crippen LogP contribution in [-0.4, -0.2) is 26.7 Å². The second-order valence-corrected chi connectivity index (χ2v) is 5.57. The van der Waals surface area contributed by atoms with E-state index in [1.165, 1.54) is 7.11 Å². The average molecular weight is 334 g/mol. The first-order chi connectivity index (χ1) is 11.1. The molecule has 0 heterocycles. The van der Waals surface area contributed by atoms with E-state index >= 15 is 0 Å². The minimum atomic E-state index is -0.250. The van der Waals surface area contributed by atoms with Crippen molar-refractivity contribution in [3.05, 3.63) is 64.2 Å². The third kappa shape index (κ3) is 4.24. The molecule has 0 aliphatic carbocycles. The summed E-state index contributed by atoms with van der Waals surface area (Å²) >= 11 is 5.96. The zero-order valence-electron chi connectivity index (χ0n) is 13.4. The van der Waals surface area contributed by atoms with Crippen LogP contribution in [0.5, 0.6) is 5.75 Å². The van der Waals surface area contributed by atoms with Gasteiger partial charge < -0.3 is 14.8 Å². The number of carbonyl (C=O) groups excluding carboxylic acids is 1. The Hall–Kier alpha value is -2.04. The van der Waals surface area contributed by atoms with E-state index in [0.29, 0.717) is 22.9 Å². The molecular weight excluding hydrogens is 314 g/mol. The van der Waals surface area contributed by atoms with E-state index in [4.69, 9.17) is 21.1 Å². The predicted molar refractivity (Wildman–Crippen MR) is 91.3 cm³/mol. The number of amides is 1. The Kier molecular flexibility index (Phi) is 6.02. The Morgan fingerprint density at radius 1 is 1.22 bits per heavy atom. The molecule has 5 heteroatoms. The SMILES string of the molecule is COc1ccc(Cl)cc1C(=O)NCC(OC)c1ccccc1C. The molecule has 23 heavy (non-hydrogen) atoms. The zero-order chi connectivity index (χ0) is 16.8. The summed E-state index contributed by atoms with van der Waals surface area (Å²) in [6.45, 7) is 2.37. The summed E-state index contributed by atoms with van der Waals surface area (Å²) in [5, 5.41) is 3.36. The maximum absolute atomic E-state index is 12.4. The number of hydrogen-bond acceptors (Lipinski definition) is 3. The maximum Gasteiger partial charge on any atom is 0.255 e. The van der Waals surface area contributed by atoms with Gasteiger partial charge in [0.15, 0.2) is 0 Å². The summed E-state index contributed by atoms with van der Waals surface area (Å²) in [4.78, 5) is 12.4. The highest BCUT2D eigenvalue weighted by Gasteiger charge is 2.17. The van der Waals surface area contributed by atoms with Gasteiger partial charge in [-0.1, -0.05) is 35.9 Å². The Labute approximate surface area is 141 Å². The van der Waals surface area contributed by atoms with Crippen LogP contribution in [-0.2, 0) is 4.74 Å². The fourth-order valence-corrected chi connectivity index (χ4v) is 2.58. The number of methoxy groups -OCH3 is 2. The first kappa shape index (κ1) is 17.3. The van der Waals surface area contributed by atoms with Crippen LogP contribution in [0.4, 0.5) is 0 Å². The number of nitrogens with one attached hydrogen (secondary N) is 1. The van der Waals surface area contributed by atoms with Crippen molar-refractivity contribution in [2.75, 3.05) is 20.8 Å². The van der Waals surface area contributed by atoms with Gasteiger partial charge in [-0.3, -0.25) is 4.79 Å². The van der Waals surface area contributed by atoms with Crippen LogP contribution in [0.3, 0.4) is 0 Å². The third-order valence-electron chi connectivity index (χ3n) is 3.67. The molecule has 4 nitrogen and oxygen atoms in total. The van der Waals surface area contributed by atoms with E-state index in [9.17, 15) is 4.79 Å². The standard InChI is InChI=1S/C18H20ClNO3/c1-12-6-4-5-7-14(12)17(23-3)11-20-18(21)15-10-13(19)8-9-16(15)22-2/h4-10,17H,11H2,1-3H3,(H,20,21). The highest BCUT2D eigenvalue weighted by atomic mass is 35.5. The average Bonchev–Trinajstić information content (AvgIpc) is 2.56. The molecule has 0 aliphatic heterocycles. The lowest BCUT2D eigenvalue weighted by Gasteiger charge is -2.19. The molecule has 0 radical (unpaired) electrons. The molecule has 2 rings (SSSR count). The summed E-state index contributed by atoms with van der Waals surface area (Å²) in [6, 6.07) is 12.9. The first-order valence-electron chi connectivity index (χ1n) is 7.27. The lowest BCUT2D eigenvalue weighted by molar-refractivity contribution is 0.0823. The van der Waals surface area contributed by atoms with E-state index in [0.717, 1.165) is 11.1 Å². The number of rotatable bonds is 6. The van der Waals surface area contributed by atoms with E-state index in [1.807, 2.05) is 31.2 Å². The molecule has 0 aromatic heterocycles. The summed E-state index contributed by atoms with van der Waals surface area (Å²) in [7, 11) is 3.15. The van der Waals surface area contributed by atoms with Crippen LogP contribution < -0.4 is 10.1 Å². The van der Waals surface area contributed by atoms with Crippen LogP contribution in [0.2, 0.25) is 5.02 Å². The molecule has 1 atom stereocenters. The van der Waals surface area contributed by atoms with Gasteiger partial charge >= 0.3 is 0 Å². The van der Waals surface area contributed by atoms with Crippen molar-refractivity contribution in [2.45, 2.75) is 13.0 Å². The molecule has 0 saturated carbocycles. The largest absolute Gasteiger partial charge is 0.496 e. The van der Waals surface area contributed by atoms with Gasteiger partial charge in [0.2, 0.25) is 0 Å². The summed E-state index contributed by atoms with van der Waals surface area (Å²) in [5.41, 5.74) is 2.57. The number of aryl methyl sites for hydroxylation is 1. The van der Waals surface area contributed by atoms with Gasteiger partial charge in [-0.15, -0.1) is 0 Å². The Balaban J connectivity index is 2.12. The Morgan fingerprint density at radius 3 is 2.61 bits per heavy atom. The van der Waals surface area contributed by atoms with Gasteiger partial charge in [-0.25, -0.2) is 0 Å². The molecule has 2 aromatic carbocycles. The van der Waals surface area contributed by atoms with Crippen LogP contribution >= 0.6 is 11.6 Å². The van der Waals surface area contributed by atoms with Crippen molar-refractivity contribution in [2.24, 2.45) is 0 Å². The Bertz CT molecular complexity index is 688. The van der Waals surface area contributed by atoms with Gasteiger partial charge in [-0.05, 0) is 36.2 Å². The van der Waals surface area contributed by atoms with Crippen LogP contribution in [0.25, 0.3) is 0 Å². The van der Waals surface area contributed by atoms with Crippen molar-refractivity contribution < 1.29 is 14.3 Å². The fourth-order valence-electron chi connectivity index (χ4n) is 2.41. The second-order valence-electron chi connectivity index (χ2n) is 5.14. The monoisotopic (exact) mass is 333 g/mol.